The lowest BCUT2D eigenvalue weighted by molar-refractivity contribution is 0.403. The fourth-order valence-corrected chi connectivity index (χ4v) is 3.34. The normalized spacial score (nSPS) is 16.5. The lowest BCUT2D eigenvalue weighted by Gasteiger charge is -2.23. The standard InChI is InChI=1S/C21H23N5O2/c1-28-20-15-26(18-8-10-22-11-9-18)24-19(21(20)27)13-16-7-12-23-25(14-16)17-5-3-2-4-6-17/h2-8,12,15,22H,9-11,13-14H2,1H3. The molecule has 1 aromatic heterocycles. The number of benzene rings is 1. The second-order valence-electron chi connectivity index (χ2n) is 6.73. The molecular weight excluding hydrogens is 354 g/mol. The Kier molecular flexibility index (Phi) is 5.34. The van der Waals surface area contributed by atoms with Crippen molar-refractivity contribution in [2.45, 2.75) is 12.8 Å². The number of rotatable bonds is 5. The zero-order valence-corrected chi connectivity index (χ0v) is 15.8. The van der Waals surface area contributed by atoms with Crippen molar-refractivity contribution in [2.24, 2.45) is 5.10 Å². The van der Waals surface area contributed by atoms with Crippen LogP contribution in [0.1, 0.15) is 12.1 Å². The smallest absolute Gasteiger partial charge is 0.245 e. The van der Waals surface area contributed by atoms with E-state index in [1.54, 1.807) is 17.1 Å². The molecule has 0 unspecified atom stereocenters. The van der Waals surface area contributed by atoms with E-state index in [9.17, 15) is 4.79 Å². The Morgan fingerprint density at radius 2 is 2.11 bits per heavy atom. The summed E-state index contributed by atoms with van der Waals surface area (Å²) in [6.07, 6.45) is 8.80. The average Bonchev–Trinajstić information content (AvgIpc) is 2.76. The maximum Gasteiger partial charge on any atom is 0.245 e. The summed E-state index contributed by atoms with van der Waals surface area (Å²) in [5, 5.41) is 14.3. The van der Waals surface area contributed by atoms with E-state index in [0.717, 1.165) is 36.5 Å². The van der Waals surface area contributed by atoms with Gasteiger partial charge in [-0.2, -0.15) is 10.2 Å². The van der Waals surface area contributed by atoms with Gasteiger partial charge in [0.05, 0.1) is 25.5 Å². The maximum absolute atomic E-state index is 12.8. The van der Waals surface area contributed by atoms with Crippen molar-refractivity contribution in [2.75, 3.05) is 31.8 Å². The third-order valence-corrected chi connectivity index (χ3v) is 4.83. The van der Waals surface area contributed by atoms with Crippen molar-refractivity contribution in [3.05, 3.63) is 70.2 Å². The van der Waals surface area contributed by atoms with E-state index in [1.807, 2.05) is 41.4 Å². The highest BCUT2D eigenvalue weighted by atomic mass is 16.5. The first-order valence-corrected chi connectivity index (χ1v) is 9.36. The Morgan fingerprint density at radius 3 is 2.86 bits per heavy atom. The number of aromatic nitrogens is 2. The molecule has 0 saturated heterocycles. The highest BCUT2D eigenvalue weighted by Crippen LogP contribution is 2.20. The van der Waals surface area contributed by atoms with Crippen LogP contribution in [-0.4, -0.2) is 42.7 Å². The Bertz CT molecular complexity index is 992. The molecule has 0 atom stereocenters. The van der Waals surface area contributed by atoms with Gasteiger partial charge in [0.25, 0.3) is 0 Å². The molecule has 1 aromatic carbocycles. The largest absolute Gasteiger partial charge is 0.491 e. The number of anilines is 1. The van der Waals surface area contributed by atoms with Crippen LogP contribution in [0.3, 0.4) is 0 Å². The predicted molar refractivity (Wildman–Crippen MR) is 111 cm³/mol. The van der Waals surface area contributed by atoms with Crippen LogP contribution in [0.4, 0.5) is 5.69 Å². The zero-order valence-electron chi connectivity index (χ0n) is 15.8. The van der Waals surface area contributed by atoms with Crippen LogP contribution in [0.5, 0.6) is 5.75 Å². The van der Waals surface area contributed by atoms with Gasteiger partial charge in [-0.3, -0.25) is 9.80 Å². The van der Waals surface area contributed by atoms with Crippen LogP contribution < -0.4 is 20.5 Å². The number of methoxy groups -OCH3 is 1. The average molecular weight is 377 g/mol. The van der Waals surface area contributed by atoms with E-state index < -0.39 is 0 Å². The molecule has 3 heterocycles. The minimum absolute atomic E-state index is 0.164. The molecule has 0 spiro atoms. The number of ether oxygens (including phenoxy) is 1. The van der Waals surface area contributed by atoms with Crippen LogP contribution >= 0.6 is 0 Å². The van der Waals surface area contributed by atoms with Crippen LogP contribution in [0.15, 0.2) is 64.1 Å². The van der Waals surface area contributed by atoms with Crippen molar-refractivity contribution in [1.82, 2.24) is 15.1 Å². The minimum atomic E-state index is -0.164. The quantitative estimate of drug-likeness (QED) is 0.864. The van der Waals surface area contributed by atoms with Gasteiger partial charge in [0.15, 0.2) is 5.75 Å². The fraction of sp³-hybridized carbons (Fsp3) is 0.286. The number of nitrogens with one attached hydrogen (secondary N) is 1. The molecule has 0 saturated carbocycles. The summed E-state index contributed by atoms with van der Waals surface area (Å²) in [5.74, 6) is 0.314. The summed E-state index contributed by atoms with van der Waals surface area (Å²) in [6.45, 7) is 2.31. The first-order valence-electron chi connectivity index (χ1n) is 9.36. The molecule has 2 aliphatic rings. The van der Waals surface area contributed by atoms with Crippen molar-refractivity contribution < 1.29 is 4.74 Å². The summed E-state index contributed by atoms with van der Waals surface area (Å²) >= 11 is 0. The molecule has 2 aromatic rings. The second kappa shape index (κ2) is 8.22. The second-order valence-corrected chi connectivity index (χ2v) is 6.73. The van der Waals surface area contributed by atoms with Crippen LogP contribution in [0.25, 0.3) is 5.70 Å². The van der Waals surface area contributed by atoms with E-state index in [0.29, 0.717) is 24.4 Å². The molecule has 2 aliphatic heterocycles. The Balaban J connectivity index is 1.60. The summed E-state index contributed by atoms with van der Waals surface area (Å²) in [5.41, 5.74) is 3.47. The summed E-state index contributed by atoms with van der Waals surface area (Å²) < 4.78 is 7.10. The van der Waals surface area contributed by atoms with Gasteiger partial charge in [-0.05, 0) is 29.9 Å². The molecular formula is C21H23N5O2. The Hall–Kier alpha value is -3.19. The third-order valence-electron chi connectivity index (χ3n) is 4.83. The number of hydrazone groups is 1. The summed E-state index contributed by atoms with van der Waals surface area (Å²) in [4.78, 5) is 12.8. The van der Waals surface area contributed by atoms with Crippen molar-refractivity contribution >= 4 is 17.6 Å². The van der Waals surface area contributed by atoms with Crippen molar-refractivity contribution in [3.63, 3.8) is 0 Å². The van der Waals surface area contributed by atoms with Gasteiger partial charge >= 0.3 is 0 Å². The van der Waals surface area contributed by atoms with Gasteiger partial charge in [0.2, 0.25) is 5.43 Å². The molecule has 0 amide bonds. The summed E-state index contributed by atoms with van der Waals surface area (Å²) in [7, 11) is 1.52. The van der Waals surface area contributed by atoms with Crippen molar-refractivity contribution in [3.8, 4) is 5.75 Å². The van der Waals surface area contributed by atoms with E-state index in [2.05, 4.69) is 21.6 Å². The van der Waals surface area contributed by atoms with Gasteiger partial charge in [0.1, 0.15) is 5.69 Å². The molecule has 0 bridgehead atoms. The molecule has 0 fully saturated rings. The first-order chi connectivity index (χ1) is 13.7. The van der Waals surface area contributed by atoms with Crippen LogP contribution in [-0.2, 0) is 6.42 Å². The van der Waals surface area contributed by atoms with E-state index in [4.69, 9.17) is 4.74 Å². The van der Waals surface area contributed by atoms with Crippen LogP contribution in [0, 0.1) is 0 Å². The lowest BCUT2D eigenvalue weighted by Crippen LogP contribution is -2.27. The van der Waals surface area contributed by atoms with Gasteiger partial charge in [-0.25, -0.2) is 4.68 Å². The topological polar surface area (TPSA) is 71.8 Å². The molecule has 144 valence electrons. The number of hydrogen-bond acceptors (Lipinski definition) is 6. The van der Waals surface area contributed by atoms with Gasteiger partial charge in [-0.1, -0.05) is 18.2 Å². The molecule has 28 heavy (non-hydrogen) atoms. The molecule has 0 aliphatic carbocycles. The van der Waals surface area contributed by atoms with E-state index >= 15 is 0 Å². The fourth-order valence-electron chi connectivity index (χ4n) is 3.34. The molecule has 7 heteroatoms. The molecule has 1 N–H and O–H groups in total. The number of allylic oxidation sites excluding steroid dienone is 1. The zero-order chi connectivity index (χ0) is 19.3. The lowest BCUT2D eigenvalue weighted by atomic mass is 10.1. The molecule has 7 nitrogen and oxygen atoms in total. The highest BCUT2D eigenvalue weighted by molar-refractivity contribution is 5.76. The SMILES string of the molecule is COc1cn(C2=CCNCC2)nc(CC2=CC=NN(c3ccccc3)C2)c1=O. The monoisotopic (exact) mass is 377 g/mol. The van der Waals surface area contributed by atoms with Gasteiger partial charge in [0, 0.05) is 37.8 Å². The molecule has 4 rings (SSSR count). The molecule has 0 radical (unpaired) electrons. The van der Waals surface area contributed by atoms with E-state index in [-0.39, 0.29) is 5.43 Å². The van der Waals surface area contributed by atoms with Crippen LogP contribution in [0.2, 0.25) is 0 Å². The Morgan fingerprint density at radius 1 is 1.25 bits per heavy atom. The first kappa shape index (κ1) is 18.2. The minimum Gasteiger partial charge on any atom is -0.491 e. The highest BCUT2D eigenvalue weighted by Gasteiger charge is 2.17. The predicted octanol–water partition coefficient (Wildman–Crippen LogP) is 2.06. The summed E-state index contributed by atoms with van der Waals surface area (Å²) in [6, 6.07) is 9.98. The maximum atomic E-state index is 12.8. The number of nitrogens with zero attached hydrogens (tertiary/aromatic N) is 4. The number of para-hydroxylation sites is 1. The number of hydrogen-bond donors (Lipinski definition) is 1. The van der Waals surface area contributed by atoms with Crippen molar-refractivity contribution in [1.29, 1.82) is 0 Å². The Labute approximate surface area is 163 Å². The van der Waals surface area contributed by atoms with E-state index in [1.165, 1.54) is 7.11 Å². The third kappa shape index (κ3) is 3.89. The van der Waals surface area contributed by atoms with Gasteiger partial charge in [-0.15, -0.1) is 0 Å². The van der Waals surface area contributed by atoms with Gasteiger partial charge < -0.3 is 10.1 Å².